The molecule has 4 aliphatic rings. The van der Waals surface area contributed by atoms with E-state index in [0.717, 1.165) is 44.9 Å². The predicted octanol–water partition coefficient (Wildman–Crippen LogP) is 4.72. The van der Waals surface area contributed by atoms with Crippen molar-refractivity contribution in [3.63, 3.8) is 0 Å². The maximum absolute atomic E-state index is 12.5. The van der Waals surface area contributed by atoms with E-state index in [4.69, 9.17) is 0 Å². The van der Waals surface area contributed by atoms with Crippen LogP contribution < -0.4 is 4.72 Å². The minimum atomic E-state index is -3.31. The first kappa shape index (κ1) is 25.9. The molecule has 192 valence electrons. The van der Waals surface area contributed by atoms with Gasteiger partial charge in [-0.1, -0.05) is 27.2 Å². The van der Waals surface area contributed by atoms with Gasteiger partial charge in [-0.15, -0.1) is 0 Å². The Kier molecular flexibility index (Phi) is 6.86. The summed E-state index contributed by atoms with van der Waals surface area (Å²) in [4.78, 5) is 0. The highest BCUT2D eigenvalue weighted by molar-refractivity contribution is 7.90. The van der Waals surface area contributed by atoms with Gasteiger partial charge in [-0.05, 0) is 118 Å². The molecule has 0 aliphatic heterocycles. The Morgan fingerprint density at radius 2 is 1.58 bits per heavy atom. The van der Waals surface area contributed by atoms with Crippen LogP contribution in [-0.4, -0.2) is 42.1 Å². The molecule has 0 saturated heterocycles. The molecule has 4 fully saturated rings. The fourth-order valence-electron chi connectivity index (χ4n) is 9.12. The third-order valence-electron chi connectivity index (χ3n) is 11.2. The number of aliphatic hydroxyl groups is 2. The van der Waals surface area contributed by atoms with Crippen LogP contribution in [-0.2, 0) is 10.0 Å². The normalized spacial score (nSPS) is 48.1. The lowest BCUT2D eigenvalue weighted by atomic mass is 9.41. The number of nitrogens with one attached hydrogen (secondary N) is 1. The summed E-state index contributed by atoms with van der Waals surface area (Å²) in [6, 6.07) is 0. The lowest BCUT2D eigenvalue weighted by Gasteiger charge is -2.64. The van der Waals surface area contributed by atoms with E-state index in [1.54, 1.807) is 20.8 Å². The van der Waals surface area contributed by atoms with Crippen LogP contribution in [0.3, 0.4) is 0 Å². The van der Waals surface area contributed by atoms with Crippen LogP contribution in [0.25, 0.3) is 0 Å². The van der Waals surface area contributed by atoms with Gasteiger partial charge in [0.05, 0.1) is 17.0 Å². The van der Waals surface area contributed by atoms with Gasteiger partial charge in [-0.3, -0.25) is 0 Å². The Balaban J connectivity index is 1.53. The van der Waals surface area contributed by atoms with Crippen molar-refractivity contribution < 1.29 is 18.6 Å². The molecule has 5 nitrogen and oxygen atoms in total. The second kappa shape index (κ2) is 8.74. The van der Waals surface area contributed by atoms with Gasteiger partial charge in [-0.25, -0.2) is 13.1 Å². The zero-order chi connectivity index (χ0) is 24.4. The van der Waals surface area contributed by atoms with Crippen molar-refractivity contribution in [2.45, 2.75) is 116 Å². The first-order valence-corrected chi connectivity index (χ1v) is 15.1. The fourth-order valence-corrected chi connectivity index (χ4v) is 9.94. The highest BCUT2D eigenvalue weighted by Gasteiger charge is 2.64. The van der Waals surface area contributed by atoms with Crippen LogP contribution in [0, 0.1) is 46.3 Å². The van der Waals surface area contributed by atoms with E-state index in [1.807, 2.05) is 0 Å². The van der Waals surface area contributed by atoms with Gasteiger partial charge < -0.3 is 10.2 Å². The fraction of sp³-hybridized carbons (Fsp3) is 1.00. The molecule has 0 aromatic carbocycles. The summed E-state index contributed by atoms with van der Waals surface area (Å²) < 4.78 is 27.1. The maximum atomic E-state index is 12.5. The molecule has 33 heavy (non-hydrogen) atoms. The Hall–Kier alpha value is -0.170. The average molecular weight is 484 g/mol. The molecule has 6 heteroatoms. The quantitative estimate of drug-likeness (QED) is 0.528. The topological polar surface area (TPSA) is 86.6 Å². The van der Waals surface area contributed by atoms with Gasteiger partial charge in [0, 0.05) is 6.54 Å². The monoisotopic (exact) mass is 483 g/mol. The second-order valence-corrected chi connectivity index (χ2v) is 16.0. The van der Waals surface area contributed by atoms with E-state index >= 15 is 0 Å². The SMILES string of the molecule is CC[C@H]1[C@@H](O)[C@@H]2[C@H](CC[C@]3(C)[C@@H](CCNS(=O)(=O)C(C)(C)C)CC[C@@H]23)[C@@]2(C)CC[C@@H](O)C[C@@H]12. The van der Waals surface area contributed by atoms with E-state index in [2.05, 4.69) is 25.5 Å². The van der Waals surface area contributed by atoms with Crippen LogP contribution in [0.4, 0.5) is 0 Å². The number of aliphatic hydroxyl groups excluding tert-OH is 2. The average Bonchev–Trinajstić information content (AvgIpc) is 3.05. The van der Waals surface area contributed by atoms with E-state index in [9.17, 15) is 18.6 Å². The number of hydrogen-bond donors (Lipinski definition) is 3. The molecular weight excluding hydrogens is 434 g/mol. The van der Waals surface area contributed by atoms with Crippen LogP contribution in [0.2, 0.25) is 0 Å². The van der Waals surface area contributed by atoms with Crippen LogP contribution in [0.5, 0.6) is 0 Å². The molecule has 0 spiro atoms. The highest BCUT2D eigenvalue weighted by Crippen LogP contribution is 2.69. The predicted molar refractivity (Wildman–Crippen MR) is 133 cm³/mol. The Morgan fingerprint density at radius 3 is 2.21 bits per heavy atom. The van der Waals surface area contributed by atoms with Crippen LogP contribution in [0.15, 0.2) is 0 Å². The minimum absolute atomic E-state index is 0.186. The molecule has 4 rings (SSSR count). The van der Waals surface area contributed by atoms with Crippen molar-refractivity contribution in [2.24, 2.45) is 46.3 Å². The Bertz CT molecular complexity index is 822. The lowest BCUT2D eigenvalue weighted by Crippen LogP contribution is -2.62. The summed E-state index contributed by atoms with van der Waals surface area (Å²) in [6.07, 6.45) is 8.89. The maximum Gasteiger partial charge on any atom is 0.216 e. The standard InChI is InChI=1S/C27H49NO4S/c1-7-19-22-16-18(29)10-13-27(22,6)21-11-14-26(5)17(8-9-20(26)23(21)24(19)30)12-15-28-33(31,32)25(2,3)4/h17-24,28-30H,7-16H2,1-6H3/t17-,18-,19-,20+,21+,22+,23+,24-,26-,27-/m1/s1. The largest absolute Gasteiger partial charge is 0.393 e. The number of fused-ring (bicyclic) bond motifs is 5. The summed E-state index contributed by atoms with van der Waals surface area (Å²) in [5.74, 6) is 2.64. The molecule has 0 aromatic rings. The first-order chi connectivity index (χ1) is 15.3. The molecule has 0 bridgehead atoms. The molecule has 0 aromatic heterocycles. The zero-order valence-electron chi connectivity index (χ0n) is 21.8. The van der Waals surface area contributed by atoms with Gasteiger partial charge in [0.2, 0.25) is 10.0 Å². The van der Waals surface area contributed by atoms with Crippen molar-refractivity contribution in [1.29, 1.82) is 0 Å². The summed E-state index contributed by atoms with van der Waals surface area (Å²) in [7, 11) is -3.31. The van der Waals surface area contributed by atoms with E-state index in [0.29, 0.717) is 36.1 Å². The van der Waals surface area contributed by atoms with E-state index in [-0.39, 0.29) is 29.0 Å². The summed E-state index contributed by atoms with van der Waals surface area (Å²) >= 11 is 0. The first-order valence-electron chi connectivity index (χ1n) is 13.6. The van der Waals surface area contributed by atoms with Gasteiger partial charge in [0.1, 0.15) is 0 Å². The zero-order valence-corrected chi connectivity index (χ0v) is 22.6. The van der Waals surface area contributed by atoms with Gasteiger partial charge in [0.15, 0.2) is 0 Å². The van der Waals surface area contributed by atoms with Crippen molar-refractivity contribution >= 4 is 10.0 Å². The van der Waals surface area contributed by atoms with Crippen molar-refractivity contribution in [3.8, 4) is 0 Å². The van der Waals surface area contributed by atoms with Gasteiger partial charge in [-0.2, -0.15) is 0 Å². The molecule has 0 amide bonds. The van der Waals surface area contributed by atoms with Gasteiger partial charge in [0.25, 0.3) is 0 Å². The molecule has 0 radical (unpaired) electrons. The molecule has 4 aliphatic carbocycles. The van der Waals surface area contributed by atoms with E-state index in [1.165, 1.54) is 12.8 Å². The third kappa shape index (κ3) is 4.13. The lowest BCUT2D eigenvalue weighted by molar-refractivity contribution is -0.202. The number of sulfonamides is 1. The Labute approximate surface area is 202 Å². The highest BCUT2D eigenvalue weighted by atomic mass is 32.2. The Morgan fingerprint density at radius 1 is 0.939 bits per heavy atom. The molecule has 10 atom stereocenters. The summed E-state index contributed by atoms with van der Waals surface area (Å²) in [5, 5.41) is 22.2. The van der Waals surface area contributed by atoms with E-state index < -0.39 is 14.8 Å². The summed E-state index contributed by atoms with van der Waals surface area (Å²) in [6.45, 7) is 12.9. The third-order valence-corrected chi connectivity index (χ3v) is 13.4. The smallest absolute Gasteiger partial charge is 0.216 e. The van der Waals surface area contributed by atoms with Crippen molar-refractivity contribution in [1.82, 2.24) is 4.72 Å². The number of rotatable bonds is 5. The van der Waals surface area contributed by atoms with Crippen LogP contribution in [0.1, 0.15) is 99.3 Å². The molecule has 4 saturated carbocycles. The van der Waals surface area contributed by atoms with Crippen molar-refractivity contribution in [2.75, 3.05) is 6.54 Å². The van der Waals surface area contributed by atoms with Crippen molar-refractivity contribution in [3.05, 3.63) is 0 Å². The second-order valence-electron chi connectivity index (χ2n) is 13.5. The summed E-state index contributed by atoms with van der Waals surface area (Å²) in [5.41, 5.74) is 0.413. The molecule has 0 heterocycles. The molecule has 0 unspecified atom stereocenters. The van der Waals surface area contributed by atoms with Gasteiger partial charge >= 0.3 is 0 Å². The van der Waals surface area contributed by atoms with Crippen LogP contribution >= 0.6 is 0 Å². The number of hydrogen-bond acceptors (Lipinski definition) is 4. The minimum Gasteiger partial charge on any atom is -0.393 e. The molecule has 3 N–H and O–H groups in total. The molecular formula is C27H49NO4S.